The lowest BCUT2D eigenvalue weighted by atomic mass is 10.2. The van der Waals surface area contributed by atoms with E-state index < -0.39 is 17.7 Å². The molecule has 144 valence electrons. The van der Waals surface area contributed by atoms with Gasteiger partial charge in [0.2, 0.25) is 0 Å². The second kappa shape index (κ2) is 8.09. The lowest BCUT2D eigenvalue weighted by Crippen LogP contribution is -2.51. The Labute approximate surface area is 174 Å². The number of methoxy groups -OCH3 is 2. The summed E-state index contributed by atoms with van der Waals surface area (Å²) in [6.45, 7) is 0. The Bertz CT molecular complexity index is 964. The van der Waals surface area contributed by atoms with Crippen LogP contribution in [0.25, 0.3) is 6.08 Å². The molecule has 2 aliphatic rings. The summed E-state index contributed by atoms with van der Waals surface area (Å²) in [5.74, 6) is -0.783. The third kappa shape index (κ3) is 3.91. The van der Waals surface area contributed by atoms with Crippen LogP contribution in [-0.4, -0.2) is 46.3 Å². The number of rotatable bonds is 4. The maximum Gasteiger partial charge on any atom is 0.270 e. The van der Waals surface area contributed by atoms with Gasteiger partial charge in [-0.15, -0.1) is 0 Å². The first-order chi connectivity index (χ1) is 13.3. The second-order valence-electron chi connectivity index (χ2n) is 5.45. The molecule has 0 aromatic heterocycles. The van der Waals surface area contributed by atoms with Crippen LogP contribution in [0.3, 0.4) is 0 Å². The van der Waals surface area contributed by atoms with Gasteiger partial charge in [0.1, 0.15) is 5.57 Å². The van der Waals surface area contributed by atoms with Gasteiger partial charge in [0, 0.05) is 6.20 Å². The molecule has 3 amide bonds. The molecule has 0 unspecified atom stereocenters. The van der Waals surface area contributed by atoms with Gasteiger partial charge in [-0.1, -0.05) is 30.0 Å². The number of benzene rings is 1. The van der Waals surface area contributed by atoms with Gasteiger partial charge in [0.05, 0.1) is 19.1 Å². The number of amides is 3. The van der Waals surface area contributed by atoms with E-state index in [9.17, 15) is 14.4 Å². The van der Waals surface area contributed by atoms with Crippen molar-refractivity contribution in [2.75, 3.05) is 14.2 Å². The van der Waals surface area contributed by atoms with Crippen molar-refractivity contribution < 1.29 is 23.9 Å². The van der Waals surface area contributed by atoms with Crippen molar-refractivity contribution in [1.82, 2.24) is 15.5 Å². The highest BCUT2D eigenvalue weighted by Crippen LogP contribution is 2.35. The number of thioether (sulfide) groups is 1. The maximum absolute atomic E-state index is 12.7. The Morgan fingerprint density at radius 1 is 1.04 bits per heavy atom. The predicted molar refractivity (Wildman–Crippen MR) is 112 cm³/mol. The molecule has 28 heavy (non-hydrogen) atoms. The average molecular weight is 436 g/mol. The van der Waals surface area contributed by atoms with Crippen LogP contribution in [0.1, 0.15) is 5.56 Å². The number of hydrogen-bond acceptors (Lipinski definition) is 8. The summed E-state index contributed by atoms with van der Waals surface area (Å²) in [6.07, 6.45) is 2.75. The maximum atomic E-state index is 12.7. The van der Waals surface area contributed by atoms with E-state index >= 15 is 0 Å². The highest BCUT2D eigenvalue weighted by atomic mass is 32.2. The van der Waals surface area contributed by atoms with Crippen molar-refractivity contribution in [3.05, 3.63) is 40.4 Å². The van der Waals surface area contributed by atoms with Crippen LogP contribution in [0.2, 0.25) is 0 Å². The number of nitrogens with one attached hydrogen (secondary N) is 2. The number of carbonyl (C=O) groups excluding carboxylic acids is 3. The van der Waals surface area contributed by atoms with Crippen molar-refractivity contribution in [2.45, 2.75) is 0 Å². The zero-order valence-electron chi connectivity index (χ0n) is 14.6. The largest absolute Gasteiger partial charge is 0.493 e. The third-order valence-electron chi connectivity index (χ3n) is 3.73. The first-order valence-corrected chi connectivity index (χ1v) is 9.35. The van der Waals surface area contributed by atoms with Crippen LogP contribution in [0.4, 0.5) is 0 Å². The minimum Gasteiger partial charge on any atom is -0.493 e. The number of hydrogen-bond donors (Lipinski definition) is 2. The molecule has 0 bridgehead atoms. The van der Waals surface area contributed by atoms with E-state index in [-0.39, 0.29) is 15.0 Å². The SMILES string of the molecule is COc1ccc(/C=C2/SC(=S)N(C=C3C(=O)NC(=S)NC3=O)C2=O)cc1OC. The van der Waals surface area contributed by atoms with Gasteiger partial charge in [-0.2, -0.15) is 0 Å². The van der Waals surface area contributed by atoms with Crippen molar-refractivity contribution in [3.8, 4) is 11.5 Å². The smallest absolute Gasteiger partial charge is 0.270 e. The molecule has 2 N–H and O–H groups in total. The van der Waals surface area contributed by atoms with Gasteiger partial charge in [-0.25, -0.2) is 0 Å². The average Bonchev–Trinajstić information content (AvgIpc) is 2.91. The fraction of sp³-hybridized carbons (Fsp3) is 0.118. The van der Waals surface area contributed by atoms with Gasteiger partial charge in [-0.3, -0.25) is 29.9 Å². The monoisotopic (exact) mass is 435 g/mol. The zero-order chi connectivity index (χ0) is 20.4. The lowest BCUT2D eigenvalue weighted by Gasteiger charge is -2.18. The molecule has 1 aromatic carbocycles. The van der Waals surface area contributed by atoms with E-state index in [0.717, 1.165) is 22.9 Å². The molecule has 0 aliphatic carbocycles. The quantitative estimate of drug-likeness (QED) is 0.415. The van der Waals surface area contributed by atoms with Crippen LogP contribution in [-0.2, 0) is 14.4 Å². The molecule has 8 nitrogen and oxygen atoms in total. The molecule has 1 aromatic rings. The highest BCUT2D eigenvalue weighted by molar-refractivity contribution is 8.26. The number of nitrogens with zero attached hydrogens (tertiary/aromatic N) is 1. The fourth-order valence-corrected chi connectivity index (χ4v) is 3.80. The second-order valence-corrected chi connectivity index (χ2v) is 7.53. The van der Waals surface area contributed by atoms with E-state index in [1.165, 1.54) is 14.2 Å². The number of carbonyl (C=O) groups is 3. The Hall–Kier alpha value is -2.76. The minimum atomic E-state index is -0.702. The van der Waals surface area contributed by atoms with Crippen LogP contribution >= 0.6 is 36.2 Å². The molecular formula is C17H13N3O5S3. The van der Waals surface area contributed by atoms with Crippen LogP contribution in [0.15, 0.2) is 34.9 Å². The molecule has 0 radical (unpaired) electrons. The summed E-state index contributed by atoms with van der Waals surface area (Å²) in [4.78, 5) is 38.0. The predicted octanol–water partition coefficient (Wildman–Crippen LogP) is 1.32. The third-order valence-corrected chi connectivity index (χ3v) is 5.27. The van der Waals surface area contributed by atoms with Crippen LogP contribution in [0.5, 0.6) is 11.5 Å². The molecule has 0 atom stereocenters. The van der Waals surface area contributed by atoms with Crippen LogP contribution in [0, 0.1) is 0 Å². The summed E-state index contributed by atoms with van der Waals surface area (Å²) in [6, 6.07) is 5.19. The standard InChI is InChI=1S/C17H13N3O5S3/c1-24-10-4-3-8(5-11(10)25-2)6-12-15(23)20(17(27)28-12)7-9-13(21)18-16(26)19-14(9)22/h3-7H,1-2H3,(H2,18,19,21,22,26)/b12-6+. The Morgan fingerprint density at radius 2 is 1.68 bits per heavy atom. The lowest BCUT2D eigenvalue weighted by molar-refractivity contribution is -0.123. The summed E-state index contributed by atoms with van der Waals surface area (Å²) in [7, 11) is 3.04. The summed E-state index contributed by atoms with van der Waals surface area (Å²) in [5.41, 5.74) is 0.432. The molecule has 0 saturated carbocycles. The molecule has 2 saturated heterocycles. The molecule has 2 fully saturated rings. The van der Waals surface area contributed by atoms with Gasteiger partial charge < -0.3 is 9.47 Å². The first kappa shape index (κ1) is 20.0. The normalized spacial score (nSPS) is 18.4. The van der Waals surface area contributed by atoms with Gasteiger partial charge in [-0.05, 0) is 36.0 Å². The fourth-order valence-electron chi connectivity index (χ4n) is 2.41. The number of thiocarbonyl (C=S) groups is 2. The van der Waals surface area contributed by atoms with E-state index in [4.69, 9.17) is 33.9 Å². The Balaban J connectivity index is 1.89. The molecule has 11 heteroatoms. The highest BCUT2D eigenvalue weighted by Gasteiger charge is 2.34. The zero-order valence-corrected chi connectivity index (χ0v) is 17.0. The van der Waals surface area contributed by atoms with Crippen LogP contribution < -0.4 is 20.1 Å². The van der Waals surface area contributed by atoms with Crippen molar-refractivity contribution in [3.63, 3.8) is 0 Å². The van der Waals surface area contributed by atoms with E-state index in [0.29, 0.717) is 22.0 Å². The van der Waals surface area contributed by atoms with Gasteiger partial charge in [0.25, 0.3) is 17.7 Å². The molecule has 2 heterocycles. The van der Waals surface area contributed by atoms with Crippen molar-refractivity contribution in [1.29, 1.82) is 0 Å². The summed E-state index contributed by atoms with van der Waals surface area (Å²) < 4.78 is 10.6. The Kier molecular flexibility index (Phi) is 5.77. The van der Waals surface area contributed by atoms with E-state index in [1.54, 1.807) is 24.3 Å². The summed E-state index contributed by atoms with van der Waals surface area (Å²) >= 11 is 11.0. The van der Waals surface area contributed by atoms with Crippen molar-refractivity contribution in [2.24, 2.45) is 0 Å². The van der Waals surface area contributed by atoms with E-state index in [2.05, 4.69) is 10.6 Å². The molecule has 2 aliphatic heterocycles. The topological polar surface area (TPSA) is 97.0 Å². The molecular weight excluding hydrogens is 422 g/mol. The van der Waals surface area contributed by atoms with Crippen molar-refractivity contribution >= 4 is 69.4 Å². The van der Waals surface area contributed by atoms with Gasteiger partial charge >= 0.3 is 0 Å². The molecule has 3 rings (SSSR count). The number of ether oxygens (including phenoxy) is 2. The summed E-state index contributed by atoms with van der Waals surface area (Å²) in [5, 5.41) is 4.51. The van der Waals surface area contributed by atoms with E-state index in [1.807, 2.05) is 0 Å². The molecule has 0 spiro atoms. The Morgan fingerprint density at radius 3 is 2.29 bits per heavy atom. The first-order valence-electron chi connectivity index (χ1n) is 7.71. The van der Waals surface area contributed by atoms with Gasteiger partial charge in [0.15, 0.2) is 20.9 Å². The minimum absolute atomic E-state index is 0.0918.